The number of hydrogen-bond donors (Lipinski definition) is 1. The lowest BCUT2D eigenvalue weighted by atomic mass is 9.78. The number of nitrogens with zero attached hydrogens (tertiary/aromatic N) is 2. The van der Waals surface area contributed by atoms with Gasteiger partial charge in [-0.2, -0.15) is 0 Å². The van der Waals surface area contributed by atoms with Crippen LogP contribution in [0.2, 0.25) is 0 Å². The molecule has 0 atom stereocenters. The van der Waals surface area contributed by atoms with Gasteiger partial charge in [0.1, 0.15) is 5.69 Å². The van der Waals surface area contributed by atoms with E-state index in [0.717, 1.165) is 19.2 Å². The molecule has 0 radical (unpaired) electrons. The minimum Gasteiger partial charge on any atom is -0.478 e. The number of anilines is 1. The van der Waals surface area contributed by atoms with Crippen molar-refractivity contribution >= 4 is 17.3 Å². The molecule has 1 heterocycles. The van der Waals surface area contributed by atoms with Crippen molar-refractivity contribution in [3.8, 4) is 0 Å². The van der Waals surface area contributed by atoms with Crippen molar-refractivity contribution < 1.29 is 14.8 Å². The van der Waals surface area contributed by atoms with Gasteiger partial charge < -0.3 is 10.0 Å². The van der Waals surface area contributed by atoms with Crippen molar-refractivity contribution in [1.82, 2.24) is 0 Å². The molecular formula is C14H16N2O4. The van der Waals surface area contributed by atoms with Crippen LogP contribution in [-0.4, -0.2) is 29.1 Å². The molecule has 2 fully saturated rings. The summed E-state index contributed by atoms with van der Waals surface area (Å²) in [5, 5.41) is 20.1. The van der Waals surface area contributed by atoms with E-state index in [9.17, 15) is 14.9 Å². The van der Waals surface area contributed by atoms with Gasteiger partial charge in [0.15, 0.2) is 0 Å². The summed E-state index contributed by atoms with van der Waals surface area (Å²) < 4.78 is 0. The van der Waals surface area contributed by atoms with Gasteiger partial charge in [0.05, 0.1) is 10.5 Å². The van der Waals surface area contributed by atoms with Gasteiger partial charge in [0, 0.05) is 24.6 Å². The van der Waals surface area contributed by atoms with Gasteiger partial charge >= 0.3 is 5.97 Å². The molecule has 0 bridgehead atoms. The van der Waals surface area contributed by atoms with Crippen LogP contribution in [-0.2, 0) is 0 Å². The van der Waals surface area contributed by atoms with Crippen molar-refractivity contribution in [2.75, 3.05) is 18.0 Å². The molecule has 3 rings (SSSR count). The highest BCUT2D eigenvalue weighted by Gasteiger charge is 2.46. The van der Waals surface area contributed by atoms with E-state index in [1.54, 1.807) is 6.07 Å². The Morgan fingerprint density at radius 3 is 2.50 bits per heavy atom. The average Bonchev–Trinajstić information content (AvgIpc) is 2.85. The number of carboxylic acids is 1. The Hall–Kier alpha value is -2.11. The standard InChI is InChI=1S/C14H16N2O4/c17-13(18)10-3-4-11(12(7-10)16(19)20)15-8-14(9-15)5-1-2-6-14/h3-4,7H,1-2,5-6,8-9H2,(H,17,18). The average molecular weight is 276 g/mol. The predicted octanol–water partition coefficient (Wildman–Crippen LogP) is 2.67. The molecule has 6 nitrogen and oxygen atoms in total. The first kappa shape index (κ1) is 12.9. The lowest BCUT2D eigenvalue weighted by Gasteiger charge is -2.49. The van der Waals surface area contributed by atoms with E-state index in [1.807, 2.05) is 4.90 Å². The number of nitro groups is 1. The zero-order valence-corrected chi connectivity index (χ0v) is 11.0. The minimum absolute atomic E-state index is 0.0449. The Balaban J connectivity index is 1.86. The Kier molecular flexibility index (Phi) is 2.88. The van der Waals surface area contributed by atoms with Crippen LogP contribution >= 0.6 is 0 Å². The Labute approximate surface area is 116 Å². The third kappa shape index (κ3) is 2.01. The van der Waals surface area contributed by atoms with Crippen LogP contribution in [0.1, 0.15) is 36.0 Å². The fourth-order valence-electron chi connectivity index (χ4n) is 3.45. The Bertz CT molecular complexity index is 571. The summed E-state index contributed by atoms with van der Waals surface area (Å²) in [7, 11) is 0. The molecule has 1 aliphatic carbocycles. The summed E-state index contributed by atoms with van der Waals surface area (Å²) in [5.41, 5.74) is 0.728. The molecule has 1 N–H and O–H groups in total. The molecule has 1 aliphatic heterocycles. The van der Waals surface area contributed by atoms with E-state index in [1.165, 1.54) is 31.7 Å². The fraction of sp³-hybridized carbons (Fsp3) is 0.500. The summed E-state index contributed by atoms with van der Waals surface area (Å²) in [6.45, 7) is 1.69. The number of benzene rings is 1. The molecular weight excluding hydrogens is 260 g/mol. The van der Waals surface area contributed by atoms with Gasteiger partial charge in [-0.05, 0) is 25.0 Å². The molecule has 20 heavy (non-hydrogen) atoms. The van der Waals surface area contributed by atoms with Crippen molar-refractivity contribution in [2.24, 2.45) is 5.41 Å². The van der Waals surface area contributed by atoms with Gasteiger partial charge in [0.2, 0.25) is 0 Å². The van der Waals surface area contributed by atoms with Crippen LogP contribution in [0.5, 0.6) is 0 Å². The summed E-state index contributed by atoms with van der Waals surface area (Å²) in [5.74, 6) is -1.14. The molecule has 1 aromatic carbocycles. The highest BCUT2D eigenvalue weighted by molar-refractivity contribution is 5.90. The smallest absolute Gasteiger partial charge is 0.335 e. The molecule has 0 amide bonds. The summed E-state index contributed by atoms with van der Waals surface area (Å²) >= 11 is 0. The van der Waals surface area contributed by atoms with Crippen LogP contribution < -0.4 is 4.90 Å². The largest absolute Gasteiger partial charge is 0.478 e. The number of nitro benzene ring substituents is 1. The first-order valence-electron chi connectivity index (χ1n) is 6.77. The molecule has 6 heteroatoms. The predicted molar refractivity (Wildman–Crippen MR) is 73.2 cm³/mol. The maximum absolute atomic E-state index is 11.1. The van der Waals surface area contributed by atoms with Crippen molar-refractivity contribution in [2.45, 2.75) is 25.7 Å². The third-order valence-electron chi connectivity index (χ3n) is 4.48. The molecule has 0 aromatic heterocycles. The van der Waals surface area contributed by atoms with Crippen LogP contribution in [0.15, 0.2) is 18.2 Å². The summed E-state index contributed by atoms with van der Waals surface area (Å²) in [6, 6.07) is 4.14. The second-order valence-corrected chi connectivity index (χ2v) is 5.83. The number of hydrogen-bond acceptors (Lipinski definition) is 4. The summed E-state index contributed by atoms with van der Waals surface area (Å²) in [4.78, 5) is 23.5. The van der Waals surface area contributed by atoms with Crippen molar-refractivity contribution in [1.29, 1.82) is 0 Å². The van der Waals surface area contributed by atoms with Gasteiger partial charge in [-0.25, -0.2) is 4.79 Å². The van der Waals surface area contributed by atoms with E-state index in [0.29, 0.717) is 11.1 Å². The third-order valence-corrected chi connectivity index (χ3v) is 4.48. The molecule has 1 spiro atoms. The van der Waals surface area contributed by atoms with Crippen LogP contribution in [0.25, 0.3) is 0 Å². The minimum atomic E-state index is -1.14. The number of carbonyl (C=O) groups is 1. The summed E-state index contributed by atoms with van der Waals surface area (Å²) in [6.07, 6.45) is 4.89. The lowest BCUT2D eigenvalue weighted by molar-refractivity contribution is -0.384. The van der Waals surface area contributed by atoms with Crippen molar-refractivity contribution in [3.05, 3.63) is 33.9 Å². The van der Waals surface area contributed by atoms with E-state index < -0.39 is 10.9 Å². The zero-order chi connectivity index (χ0) is 14.3. The van der Waals surface area contributed by atoms with E-state index in [4.69, 9.17) is 5.11 Å². The quantitative estimate of drug-likeness (QED) is 0.677. The highest BCUT2D eigenvalue weighted by atomic mass is 16.6. The zero-order valence-electron chi connectivity index (χ0n) is 11.0. The van der Waals surface area contributed by atoms with Gasteiger partial charge in [-0.15, -0.1) is 0 Å². The second kappa shape index (κ2) is 4.47. The maximum atomic E-state index is 11.1. The molecule has 106 valence electrons. The van der Waals surface area contributed by atoms with E-state index >= 15 is 0 Å². The Morgan fingerprint density at radius 2 is 1.95 bits per heavy atom. The van der Waals surface area contributed by atoms with Gasteiger partial charge in [-0.3, -0.25) is 10.1 Å². The highest BCUT2D eigenvalue weighted by Crippen LogP contribution is 2.48. The number of rotatable bonds is 3. The molecule has 2 aliphatic rings. The monoisotopic (exact) mass is 276 g/mol. The first-order valence-corrected chi connectivity index (χ1v) is 6.77. The van der Waals surface area contributed by atoms with Crippen LogP contribution in [0.4, 0.5) is 11.4 Å². The maximum Gasteiger partial charge on any atom is 0.335 e. The molecule has 0 unspecified atom stereocenters. The number of carboxylic acid groups (broad SMARTS) is 1. The van der Waals surface area contributed by atoms with E-state index in [-0.39, 0.29) is 11.3 Å². The first-order chi connectivity index (χ1) is 9.51. The molecule has 1 saturated carbocycles. The van der Waals surface area contributed by atoms with Crippen molar-refractivity contribution in [3.63, 3.8) is 0 Å². The van der Waals surface area contributed by atoms with Gasteiger partial charge in [0.25, 0.3) is 5.69 Å². The Morgan fingerprint density at radius 1 is 1.30 bits per heavy atom. The molecule has 1 aromatic rings. The lowest BCUT2D eigenvalue weighted by Crippen LogP contribution is -2.55. The number of aromatic carboxylic acids is 1. The van der Waals surface area contributed by atoms with Gasteiger partial charge in [-0.1, -0.05) is 12.8 Å². The van der Waals surface area contributed by atoms with Crippen LogP contribution in [0.3, 0.4) is 0 Å². The van der Waals surface area contributed by atoms with E-state index in [2.05, 4.69) is 0 Å². The fourth-order valence-corrected chi connectivity index (χ4v) is 3.45. The SMILES string of the molecule is O=C(O)c1ccc(N2CC3(CCCC3)C2)c([N+](=O)[O-])c1. The molecule has 1 saturated heterocycles. The second-order valence-electron chi connectivity index (χ2n) is 5.83. The normalized spacial score (nSPS) is 19.9. The van der Waals surface area contributed by atoms with Crippen LogP contribution in [0, 0.1) is 15.5 Å². The topological polar surface area (TPSA) is 83.7 Å².